The fourth-order valence-electron chi connectivity index (χ4n) is 4.94. The molecule has 0 saturated heterocycles. The molecule has 1 aromatic carbocycles. The van der Waals surface area contributed by atoms with E-state index in [0.717, 1.165) is 36.2 Å². The van der Waals surface area contributed by atoms with Crippen LogP contribution in [0.15, 0.2) is 24.3 Å². The van der Waals surface area contributed by atoms with Gasteiger partial charge in [0.15, 0.2) is 0 Å². The SMILES string of the molecule is CCC1CCC(C2CCC(c3ccc(C(F)(F)F)cc3)CC2)CC1. The molecule has 24 heavy (non-hydrogen) atoms. The zero-order chi connectivity index (χ0) is 17.2. The summed E-state index contributed by atoms with van der Waals surface area (Å²) in [5.74, 6) is 3.16. The van der Waals surface area contributed by atoms with Gasteiger partial charge in [-0.15, -0.1) is 0 Å². The second-order valence-corrected chi connectivity index (χ2v) is 7.92. The van der Waals surface area contributed by atoms with Crippen LogP contribution >= 0.6 is 0 Å². The number of benzene rings is 1. The monoisotopic (exact) mass is 338 g/mol. The first-order chi connectivity index (χ1) is 11.5. The molecule has 2 aliphatic carbocycles. The summed E-state index contributed by atoms with van der Waals surface area (Å²) in [6, 6.07) is 5.88. The molecule has 0 spiro atoms. The van der Waals surface area contributed by atoms with Gasteiger partial charge in [-0.05, 0) is 79.9 Å². The van der Waals surface area contributed by atoms with E-state index in [9.17, 15) is 13.2 Å². The summed E-state index contributed by atoms with van der Waals surface area (Å²) in [6.45, 7) is 2.31. The Morgan fingerprint density at radius 3 is 1.75 bits per heavy atom. The minimum Gasteiger partial charge on any atom is -0.166 e. The summed E-state index contributed by atoms with van der Waals surface area (Å²) in [5, 5.41) is 0. The largest absolute Gasteiger partial charge is 0.416 e. The first-order valence-corrected chi connectivity index (χ1v) is 9.64. The average molecular weight is 338 g/mol. The number of alkyl halides is 3. The lowest BCUT2D eigenvalue weighted by molar-refractivity contribution is -0.137. The van der Waals surface area contributed by atoms with Crippen molar-refractivity contribution in [1.82, 2.24) is 0 Å². The predicted octanol–water partition coefficient (Wildman–Crippen LogP) is 7.20. The quantitative estimate of drug-likeness (QED) is 0.547. The summed E-state index contributed by atoms with van der Waals surface area (Å²) < 4.78 is 38.0. The summed E-state index contributed by atoms with van der Waals surface area (Å²) in [7, 11) is 0. The summed E-state index contributed by atoms with van der Waals surface area (Å²) in [5.41, 5.74) is 0.559. The van der Waals surface area contributed by atoms with E-state index < -0.39 is 11.7 Å². The van der Waals surface area contributed by atoms with Crippen molar-refractivity contribution in [3.8, 4) is 0 Å². The molecule has 2 fully saturated rings. The minimum atomic E-state index is -4.23. The average Bonchev–Trinajstić information content (AvgIpc) is 2.61. The molecule has 3 heteroatoms. The molecule has 0 atom stereocenters. The van der Waals surface area contributed by atoms with Crippen LogP contribution in [-0.4, -0.2) is 0 Å². The summed E-state index contributed by atoms with van der Waals surface area (Å²) in [4.78, 5) is 0. The molecule has 0 bridgehead atoms. The van der Waals surface area contributed by atoms with Crippen LogP contribution in [0.5, 0.6) is 0 Å². The third-order valence-corrected chi connectivity index (χ3v) is 6.62. The lowest BCUT2D eigenvalue weighted by atomic mass is 9.68. The smallest absolute Gasteiger partial charge is 0.166 e. The highest BCUT2D eigenvalue weighted by Gasteiger charge is 2.32. The molecule has 0 aliphatic heterocycles. The lowest BCUT2D eigenvalue weighted by Crippen LogP contribution is -2.25. The minimum absolute atomic E-state index is 0.454. The number of hydrogen-bond donors (Lipinski definition) is 0. The highest BCUT2D eigenvalue weighted by atomic mass is 19.4. The first-order valence-electron chi connectivity index (χ1n) is 9.64. The van der Waals surface area contributed by atoms with Gasteiger partial charge in [0.25, 0.3) is 0 Å². The fourth-order valence-corrected chi connectivity index (χ4v) is 4.94. The zero-order valence-corrected chi connectivity index (χ0v) is 14.6. The third-order valence-electron chi connectivity index (χ3n) is 6.62. The lowest BCUT2D eigenvalue weighted by Gasteiger charge is -2.38. The van der Waals surface area contributed by atoms with E-state index in [2.05, 4.69) is 6.92 Å². The van der Waals surface area contributed by atoms with E-state index in [1.54, 1.807) is 12.1 Å². The van der Waals surface area contributed by atoms with Crippen LogP contribution < -0.4 is 0 Å². The zero-order valence-electron chi connectivity index (χ0n) is 14.6. The Labute approximate surface area is 143 Å². The van der Waals surface area contributed by atoms with Crippen LogP contribution in [0.2, 0.25) is 0 Å². The van der Waals surface area contributed by atoms with Crippen molar-refractivity contribution in [2.24, 2.45) is 17.8 Å². The second kappa shape index (κ2) is 7.49. The standard InChI is InChI=1S/C21H29F3/c1-2-15-3-5-16(6-4-15)17-7-9-18(10-8-17)19-11-13-20(14-12-19)21(22,23)24/h11-18H,2-10H2,1H3. The Balaban J connectivity index is 1.52. The van der Waals surface area contributed by atoms with Crippen LogP contribution in [-0.2, 0) is 6.18 Å². The van der Waals surface area contributed by atoms with E-state index in [-0.39, 0.29) is 0 Å². The van der Waals surface area contributed by atoms with Crippen molar-refractivity contribution >= 4 is 0 Å². The molecule has 2 saturated carbocycles. The number of rotatable bonds is 3. The molecule has 0 radical (unpaired) electrons. The Bertz CT molecular complexity index is 501. The van der Waals surface area contributed by atoms with Gasteiger partial charge in [0.05, 0.1) is 5.56 Å². The van der Waals surface area contributed by atoms with E-state index >= 15 is 0 Å². The number of halogens is 3. The third kappa shape index (κ3) is 4.15. The first kappa shape index (κ1) is 17.8. The second-order valence-electron chi connectivity index (χ2n) is 7.92. The Kier molecular flexibility index (Phi) is 5.56. The molecule has 1 aromatic rings. The predicted molar refractivity (Wildman–Crippen MR) is 91.9 cm³/mol. The van der Waals surface area contributed by atoms with Crippen LogP contribution in [0.3, 0.4) is 0 Å². The molecular formula is C21H29F3. The topological polar surface area (TPSA) is 0 Å². The van der Waals surface area contributed by atoms with Crippen LogP contribution in [0, 0.1) is 17.8 Å². The normalized spacial score (nSPS) is 31.8. The van der Waals surface area contributed by atoms with Gasteiger partial charge in [-0.25, -0.2) is 0 Å². The number of hydrogen-bond acceptors (Lipinski definition) is 0. The van der Waals surface area contributed by atoms with Gasteiger partial charge in [-0.2, -0.15) is 13.2 Å². The van der Waals surface area contributed by atoms with Gasteiger partial charge in [-0.1, -0.05) is 38.3 Å². The van der Waals surface area contributed by atoms with Gasteiger partial charge in [-0.3, -0.25) is 0 Å². The molecule has 134 valence electrons. The van der Waals surface area contributed by atoms with Gasteiger partial charge < -0.3 is 0 Å². The fraction of sp³-hybridized carbons (Fsp3) is 0.714. The van der Waals surface area contributed by atoms with Crippen LogP contribution in [0.25, 0.3) is 0 Å². The molecule has 0 nitrogen and oxygen atoms in total. The van der Waals surface area contributed by atoms with Crippen molar-refractivity contribution in [3.05, 3.63) is 35.4 Å². The molecule has 2 aliphatic rings. The Morgan fingerprint density at radius 1 is 0.792 bits per heavy atom. The van der Waals surface area contributed by atoms with Crippen molar-refractivity contribution in [1.29, 1.82) is 0 Å². The maximum absolute atomic E-state index is 12.7. The van der Waals surface area contributed by atoms with Gasteiger partial charge in [0.1, 0.15) is 0 Å². The van der Waals surface area contributed by atoms with Crippen molar-refractivity contribution in [2.75, 3.05) is 0 Å². The molecule has 0 aromatic heterocycles. The molecule has 0 unspecified atom stereocenters. The van der Waals surface area contributed by atoms with E-state index in [4.69, 9.17) is 0 Å². The maximum atomic E-state index is 12.7. The van der Waals surface area contributed by atoms with Crippen molar-refractivity contribution < 1.29 is 13.2 Å². The Hall–Kier alpha value is -0.990. The van der Waals surface area contributed by atoms with E-state index in [1.807, 2.05) is 0 Å². The maximum Gasteiger partial charge on any atom is 0.416 e. The van der Waals surface area contributed by atoms with Gasteiger partial charge in [0, 0.05) is 0 Å². The van der Waals surface area contributed by atoms with E-state index in [0.29, 0.717) is 5.92 Å². The van der Waals surface area contributed by atoms with E-state index in [1.165, 1.54) is 57.1 Å². The summed E-state index contributed by atoms with van der Waals surface area (Å²) >= 11 is 0. The molecule has 0 amide bonds. The molecule has 0 N–H and O–H groups in total. The van der Waals surface area contributed by atoms with Crippen molar-refractivity contribution in [3.63, 3.8) is 0 Å². The van der Waals surface area contributed by atoms with Gasteiger partial charge >= 0.3 is 6.18 Å². The van der Waals surface area contributed by atoms with Crippen LogP contribution in [0.4, 0.5) is 13.2 Å². The Morgan fingerprint density at radius 2 is 1.29 bits per heavy atom. The molecular weight excluding hydrogens is 309 g/mol. The highest BCUT2D eigenvalue weighted by molar-refractivity contribution is 5.27. The molecule has 0 heterocycles. The summed E-state index contributed by atoms with van der Waals surface area (Å²) in [6.07, 6.45) is 7.50. The van der Waals surface area contributed by atoms with Crippen LogP contribution in [0.1, 0.15) is 81.8 Å². The van der Waals surface area contributed by atoms with Crippen molar-refractivity contribution in [2.45, 2.75) is 76.8 Å². The van der Waals surface area contributed by atoms with Gasteiger partial charge in [0.2, 0.25) is 0 Å². The highest BCUT2D eigenvalue weighted by Crippen LogP contribution is 2.44. The molecule has 3 rings (SSSR count).